The van der Waals surface area contributed by atoms with Gasteiger partial charge in [-0.1, -0.05) is 12.1 Å². The van der Waals surface area contributed by atoms with E-state index in [0.29, 0.717) is 43.1 Å². The molecule has 1 aromatic heterocycles. The Balaban J connectivity index is 1.30. The van der Waals surface area contributed by atoms with Crippen LogP contribution in [0, 0.1) is 0 Å². The monoisotopic (exact) mass is 447 g/mol. The largest absolute Gasteiger partial charge is 0.497 e. The summed E-state index contributed by atoms with van der Waals surface area (Å²) < 4.78 is 5.21. The Bertz CT molecular complexity index is 1070. The molecule has 1 saturated heterocycles. The Hall–Kier alpha value is -3.32. The SMILES string of the molecule is COc1cccc(C(=O)N2CCN(C(=O)c3ccc(SCc4cccnc4)cc3)CC2)c1. The summed E-state index contributed by atoms with van der Waals surface area (Å²) in [5.74, 6) is 1.46. The molecule has 0 atom stereocenters. The maximum Gasteiger partial charge on any atom is 0.254 e. The van der Waals surface area contributed by atoms with E-state index < -0.39 is 0 Å². The number of hydrogen-bond acceptors (Lipinski definition) is 5. The summed E-state index contributed by atoms with van der Waals surface area (Å²) in [6, 6.07) is 18.9. The third kappa shape index (κ3) is 5.29. The van der Waals surface area contributed by atoms with Gasteiger partial charge in [-0.05, 0) is 54.1 Å². The molecule has 0 saturated carbocycles. The van der Waals surface area contributed by atoms with Gasteiger partial charge in [0.25, 0.3) is 11.8 Å². The van der Waals surface area contributed by atoms with Crippen molar-refractivity contribution in [1.29, 1.82) is 0 Å². The van der Waals surface area contributed by atoms with E-state index in [4.69, 9.17) is 4.74 Å². The standard InChI is InChI=1S/C25H25N3O3S/c1-31-22-6-2-5-21(16-22)25(30)28-14-12-27(13-15-28)24(29)20-7-9-23(10-8-20)32-18-19-4-3-11-26-17-19/h2-11,16-17H,12-15,18H2,1H3. The highest BCUT2D eigenvalue weighted by Gasteiger charge is 2.25. The third-order valence-electron chi connectivity index (χ3n) is 5.40. The van der Waals surface area contributed by atoms with Crippen molar-refractivity contribution in [2.75, 3.05) is 33.3 Å². The second kappa shape index (κ2) is 10.3. The molecule has 1 fully saturated rings. The number of piperazine rings is 1. The lowest BCUT2D eigenvalue weighted by molar-refractivity contribution is 0.0535. The summed E-state index contributed by atoms with van der Waals surface area (Å²) in [6.07, 6.45) is 3.63. The normalized spacial score (nSPS) is 13.7. The fourth-order valence-electron chi connectivity index (χ4n) is 3.58. The molecule has 1 aliphatic rings. The maximum atomic E-state index is 12.9. The highest BCUT2D eigenvalue weighted by atomic mass is 32.2. The van der Waals surface area contributed by atoms with Gasteiger partial charge in [-0.3, -0.25) is 14.6 Å². The van der Waals surface area contributed by atoms with Gasteiger partial charge in [0.05, 0.1) is 7.11 Å². The minimum Gasteiger partial charge on any atom is -0.497 e. The summed E-state index contributed by atoms with van der Waals surface area (Å²) in [5.41, 5.74) is 2.44. The zero-order chi connectivity index (χ0) is 22.3. The summed E-state index contributed by atoms with van der Waals surface area (Å²) in [6.45, 7) is 2.07. The lowest BCUT2D eigenvalue weighted by Gasteiger charge is -2.35. The second-order valence-corrected chi connectivity index (χ2v) is 8.54. The Morgan fingerprint density at radius 2 is 1.59 bits per heavy atom. The molecule has 0 N–H and O–H groups in total. The number of nitrogens with zero attached hydrogens (tertiary/aromatic N) is 3. The van der Waals surface area contributed by atoms with Crippen molar-refractivity contribution in [3.05, 3.63) is 89.7 Å². The number of thioether (sulfide) groups is 1. The number of methoxy groups -OCH3 is 1. The molecule has 32 heavy (non-hydrogen) atoms. The minimum atomic E-state index is -0.0361. The number of rotatable bonds is 6. The Kier molecular flexibility index (Phi) is 7.07. The Morgan fingerprint density at radius 3 is 2.22 bits per heavy atom. The molecule has 0 radical (unpaired) electrons. The number of ether oxygens (including phenoxy) is 1. The van der Waals surface area contributed by atoms with Gasteiger partial charge in [0.2, 0.25) is 0 Å². The van der Waals surface area contributed by atoms with Crippen LogP contribution in [0.4, 0.5) is 0 Å². The molecule has 0 spiro atoms. The molecule has 0 aliphatic carbocycles. The van der Waals surface area contributed by atoms with Crippen LogP contribution in [-0.4, -0.2) is 59.9 Å². The van der Waals surface area contributed by atoms with Crippen molar-refractivity contribution in [2.24, 2.45) is 0 Å². The molecule has 164 valence electrons. The van der Waals surface area contributed by atoms with Crippen LogP contribution in [-0.2, 0) is 5.75 Å². The van der Waals surface area contributed by atoms with Gasteiger partial charge in [0.1, 0.15) is 5.75 Å². The Morgan fingerprint density at radius 1 is 0.906 bits per heavy atom. The van der Waals surface area contributed by atoms with Gasteiger partial charge in [-0.2, -0.15) is 0 Å². The number of hydrogen-bond donors (Lipinski definition) is 0. The molecule has 0 bridgehead atoms. The number of pyridine rings is 1. The molecular formula is C25H25N3O3S. The van der Waals surface area contributed by atoms with E-state index in [9.17, 15) is 9.59 Å². The average molecular weight is 448 g/mol. The third-order valence-corrected chi connectivity index (χ3v) is 6.48. The smallest absolute Gasteiger partial charge is 0.254 e. The molecule has 3 aromatic rings. The zero-order valence-corrected chi connectivity index (χ0v) is 18.8. The second-order valence-electron chi connectivity index (χ2n) is 7.49. The van der Waals surface area contributed by atoms with E-state index in [1.54, 1.807) is 42.1 Å². The van der Waals surface area contributed by atoms with E-state index in [-0.39, 0.29) is 11.8 Å². The van der Waals surface area contributed by atoms with Crippen LogP contribution in [0.5, 0.6) is 5.75 Å². The lowest BCUT2D eigenvalue weighted by Crippen LogP contribution is -2.50. The van der Waals surface area contributed by atoms with Crippen LogP contribution in [0.15, 0.2) is 78.0 Å². The van der Waals surface area contributed by atoms with E-state index in [0.717, 1.165) is 10.6 Å². The van der Waals surface area contributed by atoms with Crippen LogP contribution in [0.1, 0.15) is 26.3 Å². The first kappa shape index (κ1) is 21.9. The number of carbonyl (C=O) groups excluding carboxylic acids is 2. The lowest BCUT2D eigenvalue weighted by atomic mass is 10.1. The van der Waals surface area contributed by atoms with E-state index in [1.807, 2.05) is 53.6 Å². The molecule has 4 rings (SSSR count). The van der Waals surface area contributed by atoms with E-state index >= 15 is 0 Å². The van der Waals surface area contributed by atoms with Crippen molar-refractivity contribution in [1.82, 2.24) is 14.8 Å². The molecule has 7 heteroatoms. The van der Waals surface area contributed by atoms with Crippen LogP contribution < -0.4 is 4.74 Å². The van der Waals surface area contributed by atoms with E-state index in [2.05, 4.69) is 11.1 Å². The first-order chi connectivity index (χ1) is 15.6. The molecule has 2 amide bonds. The van der Waals surface area contributed by atoms with Crippen molar-refractivity contribution in [3.63, 3.8) is 0 Å². The first-order valence-corrected chi connectivity index (χ1v) is 11.5. The summed E-state index contributed by atoms with van der Waals surface area (Å²) in [5, 5.41) is 0. The predicted molar refractivity (Wildman–Crippen MR) is 125 cm³/mol. The summed E-state index contributed by atoms with van der Waals surface area (Å²) in [7, 11) is 1.58. The molecule has 1 aliphatic heterocycles. The zero-order valence-electron chi connectivity index (χ0n) is 17.9. The fourth-order valence-corrected chi connectivity index (χ4v) is 4.41. The average Bonchev–Trinajstić information content (AvgIpc) is 2.87. The minimum absolute atomic E-state index is 0.00212. The quantitative estimate of drug-likeness (QED) is 0.535. The van der Waals surface area contributed by atoms with Gasteiger partial charge in [-0.15, -0.1) is 11.8 Å². The molecule has 2 aromatic carbocycles. The highest BCUT2D eigenvalue weighted by molar-refractivity contribution is 7.98. The van der Waals surface area contributed by atoms with Gasteiger partial charge >= 0.3 is 0 Å². The van der Waals surface area contributed by atoms with Crippen molar-refractivity contribution < 1.29 is 14.3 Å². The first-order valence-electron chi connectivity index (χ1n) is 10.5. The van der Waals surface area contributed by atoms with Crippen LogP contribution in [0.25, 0.3) is 0 Å². The van der Waals surface area contributed by atoms with Gasteiger partial charge in [0, 0.05) is 60.3 Å². The number of amides is 2. The number of benzene rings is 2. The molecule has 0 unspecified atom stereocenters. The van der Waals surface area contributed by atoms with Crippen LogP contribution in [0.3, 0.4) is 0 Å². The van der Waals surface area contributed by atoms with E-state index in [1.165, 1.54) is 5.56 Å². The van der Waals surface area contributed by atoms with Gasteiger partial charge in [0.15, 0.2) is 0 Å². The van der Waals surface area contributed by atoms with Crippen molar-refractivity contribution in [2.45, 2.75) is 10.6 Å². The van der Waals surface area contributed by atoms with Crippen molar-refractivity contribution >= 4 is 23.6 Å². The Labute approximate surface area is 192 Å². The van der Waals surface area contributed by atoms with Crippen LogP contribution >= 0.6 is 11.8 Å². The van der Waals surface area contributed by atoms with Gasteiger partial charge < -0.3 is 14.5 Å². The molecular weight excluding hydrogens is 422 g/mol. The highest BCUT2D eigenvalue weighted by Crippen LogP contribution is 2.23. The predicted octanol–water partition coefficient (Wildman–Crippen LogP) is 3.98. The molecule has 6 nitrogen and oxygen atoms in total. The summed E-state index contributed by atoms with van der Waals surface area (Å²) in [4.78, 5) is 34.5. The summed E-state index contributed by atoms with van der Waals surface area (Å²) >= 11 is 1.72. The van der Waals surface area contributed by atoms with Crippen molar-refractivity contribution in [3.8, 4) is 5.75 Å². The number of aromatic nitrogens is 1. The fraction of sp³-hybridized carbons (Fsp3) is 0.240. The molecule has 2 heterocycles. The maximum absolute atomic E-state index is 12.9. The topological polar surface area (TPSA) is 62.7 Å². The number of carbonyl (C=O) groups is 2. The van der Waals surface area contributed by atoms with Gasteiger partial charge in [-0.25, -0.2) is 0 Å². The van der Waals surface area contributed by atoms with Crippen LogP contribution in [0.2, 0.25) is 0 Å².